The summed E-state index contributed by atoms with van der Waals surface area (Å²) < 4.78 is 31.3. The summed E-state index contributed by atoms with van der Waals surface area (Å²) in [5, 5.41) is 11.0. The number of rotatable bonds is 5. The Morgan fingerprint density at radius 3 is 2.61 bits per heavy atom. The van der Waals surface area contributed by atoms with E-state index < -0.39 is 11.7 Å². The summed E-state index contributed by atoms with van der Waals surface area (Å²) in [6.45, 7) is 1.73. The van der Waals surface area contributed by atoms with Crippen molar-refractivity contribution in [3.63, 3.8) is 0 Å². The number of hydrogen-bond acceptors (Lipinski definition) is 6. The highest BCUT2D eigenvalue weighted by Crippen LogP contribution is 2.45. The van der Waals surface area contributed by atoms with Crippen molar-refractivity contribution in [1.29, 1.82) is 0 Å². The van der Waals surface area contributed by atoms with Crippen LogP contribution in [-0.2, 0) is 6.42 Å². The van der Waals surface area contributed by atoms with Crippen LogP contribution in [0.4, 0.5) is 10.2 Å². The number of halogens is 2. The Labute approximate surface area is 192 Å². The summed E-state index contributed by atoms with van der Waals surface area (Å²) in [4.78, 5) is 13.1. The number of nitrogens with one attached hydrogen (secondary N) is 1. The average molecular weight is 469 g/mol. The number of nitrogens with zero attached hydrogens (tertiary/aromatic N) is 3. The van der Waals surface area contributed by atoms with Gasteiger partial charge in [-0.25, -0.2) is 9.07 Å². The lowest BCUT2D eigenvalue weighted by atomic mass is 10.1. The SMILES string of the molecule is COc1cc2c(cc1OC)-c1c(c(C(=O)Nc3cc(C)on3)nn1-c1ccc(F)c(Cl)c1)C2. The fourth-order valence-electron chi connectivity index (χ4n) is 3.96. The van der Waals surface area contributed by atoms with E-state index in [0.29, 0.717) is 40.6 Å². The summed E-state index contributed by atoms with van der Waals surface area (Å²) >= 11 is 6.03. The number of carbonyl (C=O) groups is 1. The zero-order valence-corrected chi connectivity index (χ0v) is 18.7. The Morgan fingerprint density at radius 2 is 1.94 bits per heavy atom. The van der Waals surface area contributed by atoms with E-state index >= 15 is 0 Å². The molecule has 1 amide bonds. The third kappa shape index (κ3) is 3.50. The van der Waals surface area contributed by atoms with Crippen LogP contribution in [0.15, 0.2) is 40.9 Å². The maximum Gasteiger partial charge on any atom is 0.277 e. The van der Waals surface area contributed by atoms with E-state index in [1.165, 1.54) is 12.1 Å². The smallest absolute Gasteiger partial charge is 0.277 e. The molecule has 1 aliphatic rings. The lowest BCUT2D eigenvalue weighted by Gasteiger charge is -2.12. The molecule has 33 heavy (non-hydrogen) atoms. The Hall–Kier alpha value is -3.85. The monoisotopic (exact) mass is 468 g/mol. The molecule has 4 aromatic rings. The van der Waals surface area contributed by atoms with Gasteiger partial charge >= 0.3 is 0 Å². The topological polar surface area (TPSA) is 91.4 Å². The standard InChI is InChI=1S/C23H18ClFN4O4/c1-11-6-20(28-33-11)26-23(30)21-15-7-12-8-18(31-2)19(32-3)10-14(12)22(15)29(27-21)13-4-5-17(25)16(24)9-13/h4-6,8-10H,7H2,1-3H3,(H,26,28,30). The summed E-state index contributed by atoms with van der Waals surface area (Å²) in [5.41, 5.74) is 3.88. The van der Waals surface area contributed by atoms with Gasteiger partial charge < -0.3 is 19.3 Å². The summed E-state index contributed by atoms with van der Waals surface area (Å²) in [6, 6.07) is 9.60. The van der Waals surface area contributed by atoms with Gasteiger partial charge in [0.25, 0.3) is 5.91 Å². The zero-order valence-electron chi connectivity index (χ0n) is 17.9. The Kier molecular flexibility index (Phi) is 5.05. The number of anilines is 1. The van der Waals surface area contributed by atoms with Crippen LogP contribution in [0, 0.1) is 12.7 Å². The van der Waals surface area contributed by atoms with Gasteiger partial charge in [0, 0.05) is 23.6 Å². The predicted molar refractivity (Wildman–Crippen MR) is 119 cm³/mol. The van der Waals surface area contributed by atoms with Gasteiger partial charge in [-0.05, 0) is 42.8 Å². The first-order chi connectivity index (χ1) is 15.9. The molecule has 10 heteroatoms. The molecule has 0 radical (unpaired) electrons. The molecule has 1 aliphatic carbocycles. The highest BCUT2D eigenvalue weighted by atomic mass is 35.5. The van der Waals surface area contributed by atoms with Gasteiger partial charge in [0.05, 0.1) is 30.6 Å². The second-order valence-electron chi connectivity index (χ2n) is 7.50. The first-order valence-electron chi connectivity index (χ1n) is 9.97. The Balaban J connectivity index is 1.68. The minimum Gasteiger partial charge on any atom is -0.493 e. The summed E-state index contributed by atoms with van der Waals surface area (Å²) in [7, 11) is 3.11. The molecule has 0 aliphatic heterocycles. The van der Waals surface area contributed by atoms with Gasteiger partial charge in [0.1, 0.15) is 11.6 Å². The number of fused-ring (bicyclic) bond motifs is 3. The van der Waals surface area contributed by atoms with Crippen molar-refractivity contribution in [1.82, 2.24) is 14.9 Å². The van der Waals surface area contributed by atoms with E-state index in [-0.39, 0.29) is 16.5 Å². The zero-order chi connectivity index (χ0) is 23.3. The van der Waals surface area contributed by atoms with E-state index in [1.54, 1.807) is 38.0 Å². The highest BCUT2D eigenvalue weighted by Gasteiger charge is 2.33. The van der Waals surface area contributed by atoms with Crippen LogP contribution >= 0.6 is 11.6 Å². The lowest BCUT2D eigenvalue weighted by Crippen LogP contribution is -2.15. The van der Waals surface area contributed by atoms with E-state index in [2.05, 4.69) is 15.6 Å². The first-order valence-corrected chi connectivity index (χ1v) is 10.3. The van der Waals surface area contributed by atoms with E-state index in [1.807, 2.05) is 12.1 Å². The summed E-state index contributed by atoms with van der Waals surface area (Å²) in [5.74, 6) is 0.972. The van der Waals surface area contributed by atoms with Gasteiger partial charge in [0.2, 0.25) is 0 Å². The molecule has 0 spiro atoms. The molecule has 0 unspecified atom stereocenters. The maximum absolute atomic E-state index is 13.8. The fraction of sp³-hybridized carbons (Fsp3) is 0.174. The molecule has 0 fully saturated rings. The minimum absolute atomic E-state index is 0.0497. The fourth-order valence-corrected chi connectivity index (χ4v) is 4.13. The van der Waals surface area contributed by atoms with Crippen LogP contribution < -0.4 is 14.8 Å². The van der Waals surface area contributed by atoms with E-state index in [9.17, 15) is 9.18 Å². The largest absolute Gasteiger partial charge is 0.493 e. The number of methoxy groups -OCH3 is 2. The van der Waals surface area contributed by atoms with Crippen LogP contribution in [0.25, 0.3) is 16.9 Å². The molecule has 0 saturated heterocycles. The van der Waals surface area contributed by atoms with Crippen molar-refractivity contribution in [2.75, 3.05) is 19.5 Å². The van der Waals surface area contributed by atoms with Crippen molar-refractivity contribution < 1.29 is 23.2 Å². The van der Waals surface area contributed by atoms with Crippen LogP contribution in [0.2, 0.25) is 5.02 Å². The van der Waals surface area contributed by atoms with Gasteiger partial charge in [0.15, 0.2) is 23.0 Å². The molecule has 1 N–H and O–H groups in total. The molecule has 2 heterocycles. The highest BCUT2D eigenvalue weighted by molar-refractivity contribution is 6.30. The molecule has 168 valence electrons. The molecule has 0 bridgehead atoms. The van der Waals surface area contributed by atoms with Crippen molar-refractivity contribution in [2.45, 2.75) is 13.3 Å². The molecule has 8 nitrogen and oxygen atoms in total. The van der Waals surface area contributed by atoms with Crippen LogP contribution in [-0.4, -0.2) is 35.1 Å². The molecular weight excluding hydrogens is 451 g/mol. The third-order valence-corrected chi connectivity index (χ3v) is 5.74. The number of aryl methyl sites for hydroxylation is 1. The van der Waals surface area contributed by atoms with Gasteiger partial charge in [-0.2, -0.15) is 5.10 Å². The number of amides is 1. The molecule has 2 aromatic carbocycles. The summed E-state index contributed by atoms with van der Waals surface area (Å²) in [6.07, 6.45) is 0.445. The first kappa shape index (κ1) is 21.0. The van der Waals surface area contributed by atoms with E-state index in [4.69, 9.17) is 25.6 Å². The Bertz CT molecular complexity index is 1410. The molecular formula is C23H18ClFN4O4. The van der Waals surface area contributed by atoms with Crippen molar-refractivity contribution in [2.24, 2.45) is 0 Å². The number of aromatic nitrogens is 3. The third-order valence-electron chi connectivity index (χ3n) is 5.45. The van der Waals surface area contributed by atoms with Gasteiger partial charge in [-0.1, -0.05) is 16.8 Å². The van der Waals surface area contributed by atoms with Crippen molar-refractivity contribution >= 4 is 23.3 Å². The van der Waals surface area contributed by atoms with Crippen molar-refractivity contribution in [3.8, 4) is 28.4 Å². The quantitative estimate of drug-likeness (QED) is 0.398. The second kappa shape index (κ2) is 7.93. The number of carbonyl (C=O) groups excluding carboxylic acids is 1. The molecule has 5 rings (SSSR count). The normalized spacial score (nSPS) is 11.8. The van der Waals surface area contributed by atoms with Crippen molar-refractivity contribution in [3.05, 3.63) is 69.8 Å². The van der Waals surface area contributed by atoms with Gasteiger partial charge in [-0.15, -0.1) is 0 Å². The lowest BCUT2D eigenvalue weighted by molar-refractivity contribution is 0.102. The predicted octanol–water partition coefficient (Wildman–Crippen LogP) is 4.80. The number of hydrogen-bond donors (Lipinski definition) is 1. The molecule has 2 aromatic heterocycles. The maximum atomic E-state index is 13.8. The number of ether oxygens (including phenoxy) is 2. The molecule has 0 atom stereocenters. The minimum atomic E-state index is -0.546. The van der Waals surface area contributed by atoms with Crippen LogP contribution in [0.5, 0.6) is 11.5 Å². The average Bonchev–Trinajstić information content (AvgIpc) is 3.48. The van der Waals surface area contributed by atoms with E-state index in [0.717, 1.165) is 11.1 Å². The van der Waals surface area contributed by atoms with Gasteiger partial charge in [-0.3, -0.25) is 4.79 Å². The second-order valence-corrected chi connectivity index (χ2v) is 7.91. The Morgan fingerprint density at radius 1 is 1.18 bits per heavy atom. The molecule has 0 saturated carbocycles. The van der Waals surface area contributed by atoms with Crippen LogP contribution in [0.3, 0.4) is 0 Å². The van der Waals surface area contributed by atoms with Crippen LogP contribution in [0.1, 0.15) is 27.4 Å². The number of benzene rings is 2.